The number of carbonyl (C=O) groups is 1. The lowest BCUT2D eigenvalue weighted by molar-refractivity contribution is -0.113. The average Bonchev–Trinajstić information content (AvgIpc) is 2.85. The summed E-state index contributed by atoms with van der Waals surface area (Å²) >= 11 is 6.79. The number of halogens is 1. The molecule has 0 radical (unpaired) electrons. The van der Waals surface area contributed by atoms with E-state index < -0.39 is 0 Å². The van der Waals surface area contributed by atoms with E-state index in [0.29, 0.717) is 5.13 Å². The second kappa shape index (κ2) is 6.63. The van der Waals surface area contributed by atoms with Crippen LogP contribution in [0.3, 0.4) is 0 Å². The number of nitrogens with one attached hydrogen (secondary N) is 1. The number of anilines is 1. The molecular weight excluding hydrogens is 282 g/mol. The van der Waals surface area contributed by atoms with Crippen LogP contribution in [-0.4, -0.2) is 22.0 Å². The Balaban J connectivity index is 1.89. The maximum absolute atomic E-state index is 11.1. The van der Waals surface area contributed by atoms with E-state index in [0.717, 1.165) is 17.8 Å². The summed E-state index contributed by atoms with van der Waals surface area (Å²) in [5.41, 5.74) is 2.53. The number of nitrogens with zero attached hydrogens (tertiary/aromatic N) is 2. The van der Waals surface area contributed by atoms with E-state index in [1.165, 1.54) is 22.5 Å². The molecule has 1 aromatic carbocycles. The van der Waals surface area contributed by atoms with Crippen LogP contribution in [0.4, 0.5) is 5.13 Å². The molecule has 1 N–H and O–H groups in total. The van der Waals surface area contributed by atoms with Crippen LogP contribution in [0.5, 0.6) is 0 Å². The normalized spacial score (nSPS) is 10.4. The number of alkyl halides is 1. The van der Waals surface area contributed by atoms with Crippen LogP contribution in [0.15, 0.2) is 24.3 Å². The second-order valence-electron chi connectivity index (χ2n) is 4.17. The number of amides is 1. The molecule has 4 nitrogen and oxygen atoms in total. The highest BCUT2D eigenvalue weighted by atomic mass is 35.5. The van der Waals surface area contributed by atoms with Gasteiger partial charge in [0.15, 0.2) is 0 Å². The van der Waals surface area contributed by atoms with Gasteiger partial charge in [-0.3, -0.25) is 10.1 Å². The highest BCUT2D eigenvalue weighted by molar-refractivity contribution is 7.15. The molecule has 0 spiro atoms. The van der Waals surface area contributed by atoms with E-state index in [1.807, 2.05) is 0 Å². The van der Waals surface area contributed by atoms with E-state index >= 15 is 0 Å². The van der Waals surface area contributed by atoms with Gasteiger partial charge in [0.05, 0.1) is 0 Å². The van der Waals surface area contributed by atoms with Gasteiger partial charge < -0.3 is 0 Å². The fourth-order valence-electron chi connectivity index (χ4n) is 1.56. The Morgan fingerprint density at radius 2 is 2.00 bits per heavy atom. The van der Waals surface area contributed by atoms with Crippen molar-refractivity contribution in [2.75, 3.05) is 11.2 Å². The molecule has 0 saturated heterocycles. The number of aryl methyl sites for hydroxylation is 3. The Bertz CT molecular complexity index is 553. The third-order valence-corrected chi connectivity index (χ3v) is 3.72. The molecule has 0 fully saturated rings. The Morgan fingerprint density at radius 1 is 1.26 bits per heavy atom. The Hall–Kier alpha value is -1.46. The first-order valence-electron chi connectivity index (χ1n) is 5.91. The molecule has 6 heteroatoms. The highest BCUT2D eigenvalue weighted by Crippen LogP contribution is 2.17. The molecule has 1 aromatic heterocycles. The Morgan fingerprint density at radius 3 is 2.68 bits per heavy atom. The van der Waals surface area contributed by atoms with E-state index in [1.54, 1.807) is 0 Å². The van der Waals surface area contributed by atoms with Gasteiger partial charge in [-0.05, 0) is 18.9 Å². The molecule has 0 saturated carbocycles. The minimum atomic E-state index is -0.261. The summed E-state index contributed by atoms with van der Waals surface area (Å²) in [5, 5.41) is 12.0. The lowest BCUT2D eigenvalue weighted by atomic mass is 10.1. The smallest absolute Gasteiger partial charge is 0.241 e. The van der Waals surface area contributed by atoms with Crippen LogP contribution in [0.2, 0.25) is 0 Å². The molecule has 0 aliphatic rings. The average molecular weight is 296 g/mol. The van der Waals surface area contributed by atoms with Gasteiger partial charge >= 0.3 is 0 Å². The first-order valence-corrected chi connectivity index (χ1v) is 7.26. The number of benzene rings is 1. The number of hydrogen-bond donors (Lipinski definition) is 1. The van der Waals surface area contributed by atoms with E-state index in [9.17, 15) is 4.79 Å². The zero-order chi connectivity index (χ0) is 13.7. The van der Waals surface area contributed by atoms with Crippen molar-refractivity contribution in [1.29, 1.82) is 0 Å². The second-order valence-corrected chi connectivity index (χ2v) is 5.50. The molecule has 100 valence electrons. The third-order valence-electron chi connectivity index (χ3n) is 2.58. The van der Waals surface area contributed by atoms with E-state index in [4.69, 9.17) is 11.6 Å². The summed E-state index contributed by atoms with van der Waals surface area (Å²) in [6.45, 7) is 2.07. The van der Waals surface area contributed by atoms with Crippen LogP contribution in [0, 0.1) is 6.92 Å². The molecule has 0 unspecified atom stereocenters. The van der Waals surface area contributed by atoms with Crippen LogP contribution in [0.1, 0.15) is 16.1 Å². The first kappa shape index (κ1) is 14.0. The van der Waals surface area contributed by atoms with Crippen molar-refractivity contribution in [3.63, 3.8) is 0 Å². The zero-order valence-electron chi connectivity index (χ0n) is 10.5. The van der Waals surface area contributed by atoms with Crippen molar-refractivity contribution in [2.45, 2.75) is 19.8 Å². The molecule has 0 atom stereocenters. The van der Waals surface area contributed by atoms with Crippen molar-refractivity contribution in [2.24, 2.45) is 0 Å². The van der Waals surface area contributed by atoms with Crippen molar-refractivity contribution in [3.8, 4) is 0 Å². The maximum Gasteiger partial charge on any atom is 0.241 e. The van der Waals surface area contributed by atoms with Crippen LogP contribution < -0.4 is 5.32 Å². The lowest BCUT2D eigenvalue weighted by Crippen LogP contribution is -2.12. The van der Waals surface area contributed by atoms with Gasteiger partial charge in [-0.25, -0.2) is 0 Å². The van der Waals surface area contributed by atoms with Crippen molar-refractivity contribution in [3.05, 3.63) is 40.4 Å². The molecule has 0 bridgehead atoms. The van der Waals surface area contributed by atoms with Crippen molar-refractivity contribution in [1.82, 2.24) is 10.2 Å². The summed E-state index contributed by atoms with van der Waals surface area (Å²) in [7, 11) is 0. The van der Waals surface area contributed by atoms with Crippen LogP contribution in [0.25, 0.3) is 0 Å². The van der Waals surface area contributed by atoms with Gasteiger partial charge in [0.1, 0.15) is 10.9 Å². The van der Waals surface area contributed by atoms with Gasteiger partial charge in [0, 0.05) is 6.42 Å². The van der Waals surface area contributed by atoms with Crippen LogP contribution >= 0.6 is 22.9 Å². The minimum Gasteiger partial charge on any atom is -0.299 e. The summed E-state index contributed by atoms with van der Waals surface area (Å²) in [6.07, 6.45) is 1.73. The summed E-state index contributed by atoms with van der Waals surface area (Å²) in [5.74, 6) is -0.332. The number of rotatable bonds is 5. The SMILES string of the molecule is Cc1ccc(CCc2nnc(NC(=O)CCl)s2)cc1. The van der Waals surface area contributed by atoms with Gasteiger partial charge in [-0.1, -0.05) is 41.2 Å². The monoisotopic (exact) mass is 295 g/mol. The molecule has 2 aromatic rings. The van der Waals surface area contributed by atoms with Gasteiger partial charge in [0.2, 0.25) is 11.0 Å². The standard InChI is InChI=1S/C13H14ClN3OS/c1-9-2-4-10(5-3-9)6-7-12-16-17-13(19-12)15-11(18)8-14/h2-5H,6-8H2,1H3,(H,15,17,18). The van der Waals surface area contributed by atoms with Gasteiger partial charge in [0.25, 0.3) is 0 Å². The molecular formula is C13H14ClN3OS. The molecule has 0 aliphatic heterocycles. The van der Waals surface area contributed by atoms with Gasteiger partial charge in [-0.15, -0.1) is 21.8 Å². The minimum absolute atomic E-state index is 0.0712. The number of hydrogen-bond acceptors (Lipinski definition) is 4. The molecule has 2 rings (SSSR count). The van der Waals surface area contributed by atoms with Crippen molar-refractivity contribution < 1.29 is 4.79 Å². The lowest BCUT2D eigenvalue weighted by Gasteiger charge is -1.99. The maximum atomic E-state index is 11.1. The summed E-state index contributed by atoms with van der Waals surface area (Å²) < 4.78 is 0. The third kappa shape index (κ3) is 4.29. The van der Waals surface area contributed by atoms with E-state index in [2.05, 4.69) is 46.7 Å². The number of aromatic nitrogens is 2. The molecule has 0 aliphatic carbocycles. The Labute approximate surface area is 120 Å². The van der Waals surface area contributed by atoms with Gasteiger partial charge in [-0.2, -0.15) is 0 Å². The summed E-state index contributed by atoms with van der Waals surface area (Å²) in [6, 6.07) is 8.43. The zero-order valence-corrected chi connectivity index (χ0v) is 12.1. The predicted molar refractivity (Wildman–Crippen MR) is 77.8 cm³/mol. The highest BCUT2D eigenvalue weighted by Gasteiger charge is 2.07. The van der Waals surface area contributed by atoms with Crippen molar-refractivity contribution >= 4 is 34.0 Å². The topological polar surface area (TPSA) is 54.9 Å². The van der Waals surface area contributed by atoms with E-state index in [-0.39, 0.29) is 11.8 Å². The quantitative estimate of drug-likeness (QED) is 0.863. The molecule has 1 amide bonds. The number of carbonyl (C=O) groups excluding carboxylic acids is 1. The molecule has 19 heavy (non-hydrogen) atoms. The predicted octanol–water partition coefficient (Wildman–Crippen LogP) is 2.81. The first-order chi connectivity index (χ1) is 9.17. The van der Waals surface area contributed by atoms with Crippen LogP contribution in [-0.2, 0) is 17.6 Å². The Kier molecular flexibility index (Phi) is 4.87. The molecule has 1 heterocycles. The largest absolute Gasteiger partial charge is 0.299 e. The fraction of sp³-hybridized carbons (Fsp3) is 0.308. The fourth-order valence-corrected chi connectivity index (χ4v) is 2.39. The summed E-state index contributed by atoms with van der Waals surface area (Å²) in [4.78, 5) is 11.1.